The van der Waals surface area contributed by atoms with Crippen LogP contribution in [-0.2, 0) is 16.6 Å². The number of ether oxygens (including phenoxy) is 1. The van der Waals surface area contributed by atoms with Crippen LogP contribution in [-0.4, -0.2) is 43.8 Å². The van der Waals surface area contributed by atoms with E-state index in [4.69, 9.17) is 16.3 Å². The Balaban J connectivity index is 1.18. The Hall–Kier alpha value is -2.38. The Morgan fingerprint density at radius 2 is 1.48 bits per heavy atom. The van der Waals surface area contributed by atoms with Crippen molar-refractivity contribution < 1.29 is 13.2 Å². The van der Waals surface area contributed by atoms with Crippen LogP contribution in [0.1, 0.15) is 18.4 Å². The van der Waals surface area contributed by atoms with Crippen LogP contribution >= 0.6 is 11.6 Å². The Labute approximate surface area is 200 Å². The van der Waals surface area contributed by atoms with Gasteiger partial charge in [0.25, 0.3) is 0 Å². The summed E-state index contributed by atoms with van der Waals surface area (Å²) in [5, 5.41) is 0.539. The number of para-hydroxylation sites is 2. The number of piperidine rings is 1. The van der Waals surface area contributed by atoms with E-state index in [1.807, 2.05) is 48.5 Å². The highest BCUT2D eigenvalue weighted by molar-refractivity contribution is 7.89. The molecule has 0 aliphatic carbocycles. The van der Waals surface area contributed by atoms with Crippen LogP contribution < -0.4 is 4.74 Å². The van der Waals surface area contributed by atoms with Gasteiger partial charge in [-0.1, -0.05) is 48.0 Å². The second-order valence-electron chi connectivity index (χ2n) is 9.03. The second-order valence-corrected chi connectivity index (χ2v) is 11.4. The van der Waals surface area contributed by atoms with Gasteiger partial charge in [-0.3, -0.25) is 4.90 Å². The molecule has 3 aromatic rings. The van der Waals surface area contributed by atoms with Crippen molar-refractivity contribution in [1.29, 1.82) is 0 Å². The van der Waals surface area contributed by atoms with Crippen molar-refractivity contribution >= 4 is 21.6 Å². The Morgan fingerprint density at radius 3 is 2.18 bits per heavy atom. The molecular weight excluding hydrogens is 456 g/mol. The van der Waals surface area contributed by atoms with Crippen LogP contribution in [0.15, 0.2) is 83.8 Å². The monoisotopic (exact) mass is 482 g/mol. The highest BCUT2D eigenvalue weighted by Crippen LogP contribution is 2.43. The zero-order valence-electron chi connectivity index (χ0n) is 18.4. The molecule has 0 atom stereocenters. The van der Waals surface area contributed by atoms with Crippen LogP contribution in [0, 0.1) is 5.41 Å². The molecule has 0 N–H and O–H groups in total. The van der Waals surface area contributed by atoms with E-state index in [0.717, 1.165) is 49.5 Å². The molecule has 5 nitrogen and oxygen atoms in total. The molecule has 2 fully saturated rings. The molecule has 2 heterocycles. The molecule has 7 heteroatoms. The predicted octanol–water partition coefficient (Wildman–Crippen LogP) is 5.42. The molecule has 0 radical (unpaired) electrons. The lowest BCUT2D eigenvalue weighted by molar-refractivity contribution is -0.00151. The van der Waals surface area contributed by atoms with E-state index >= 15 is 0 Å². The molecule has 3 aromatic carbocycles. The maximum Gasteiger partial charge on any atom is 0.243 e. The first kappa shape index (κ1) is 22.4. The van der Waals surface area contributed by atoms with Gasteiger partial charge in [-0.05, 0) is 68.4 Å². The molecule has 0 aromatic heterocycles. The normalized spacial score (nSPS) is 18.7. The molecule has 1 spiro atoms. The topological polar surface area (TPSA) is 49.9 Å². The molecule has 2 saturated heterocycles. The van der Waals surface area contributed by atoms with Gasteiger partial charge < -0.3 is 4.74 Å². The summed E-state index contributed by atoms with van der Waals surface area (Å²) in [4.78, 5) is 2.75. The first-order valence-electron chi connectivity index (χ1n) is 11.2. The third-order valence-corrected chi connectivity index (χ3v) is 8.79. The number of benzene rings is 3. The first-order valence-corrected chi connectivity index (χ1v) is 13.0. The van der Waals surface area contributed by atoms with Gasteiger partial charge in [-0.25, -0.2) is 8.42 Å². The summed E-state index contributed by atoms with van der Waals surface area (Å²) in [5.74, 6) is 1.71. The number of hydrogen-bond acceptors (Lipinski definition) is 4. The van der Waals surface area contributed by atoms with Crippen molar-refractivity contribution in [2.45, 2.75) is 24.3 Å². The minimum absolute atomic E-state index is 0.0933. The van der Waals surface area contributed by atoms with Crippen LogP contribution in [0.25, 0.3) is 0 Å². The summed E-state index contributed by atoms with van der Waals surface area (Å²) in [6, 6.07) is 24.4. The van der Waals surface area contributed by atoms with Crippen LogP contribution in [0.3, 0.4) is 0 Å². The fourth-order valence-corrected chi connectivity index (χ4v) is 6.51. The van der Waals surface area contributed by atoms with E-state index in [0.29, 0.717) is 23.0 Å². The van der Waals surface area contributed by atoms with Gasteiger partial charge in [-0.15, -0.1) is 0 Å². The predicted molar refractivity (Wildman–Crippen MR) is 130 cm³/mol. The van der Waals surface area contributed by atoms with Crippen LogP contribution in [0.5, 0.6) is 11.5 Å². The van der Waals surface area contributed by atoms with E-state index in [9.17, 15) is 8.42 Å². The minimum atomic E-state index is -3.45. The van der Waals surface area contributed by atoms with E-state index in [1.54, 1.807) is 28.6 Å². The molecule has 33 heavy (non-hydrogen) atoms. The number of halogens is 1. The quantitative estimate of drug-likeness (QED) is 0.470. The average molecular weight is 483 g/mol. The Bertz CT molecular complexity index is 1200. The van der Waals surface area contributed by atoms with E-state index in [2.05, 4.69) is 11.0 Å². The van der Waals surface area contributed by atoms with Crippen molar-refractivity contribution in [3.63, 3.8) is 0 Å². The lowest BCUT2D eigenvalue weighted by atomic mass is 9.73. The van der Waals surface area contributed by atoms with Crippen molar-refractivity contribution in [3.8, 4) is 11.5 Å². The van der Waals surface area contributed by atoms with Crippen molar-refractivity contribution in [2.24, 2.45) is 5.41 Å². The maximum absolute atomic E-state index is 12.9. The maximum atomic E-state index is 12.9. The summed E-state index contributed by atoms with van der Waals surface area (Å²) < 4.78 is 33.5. The van der Waals surface area contributed by atoms with Gasteiger partial charge in [0.2, 0.25) is 10.0 Å². The molecule has 2 aliphatic rings. The molecule has 0 amide bonds. The van der Waals surface area contributed by atoms with Gasteiger partial charge in [0.05, 0.1) is 4.90 Å². The number of likely N-dealkylation sites (tertiary alicyclic amines) is 1. The third-order valence-electron chi connectivity index (χ3n) is 6.73. The molecule has 172 valence electrons. The van der Waals surface area contributed by atoms with Gasteiger partial charge in [-0.2, -0.15) is 4.31 Å². The minimum Gasteiger partial charge on any atom is -0.457 e. The molecule has 0 bridgehead atoms. The van der Waals surface area contributed by atoms with Crippen LogP contribution in [0.4, 0.5) is 0 Å². The summed E-state index contributed by atoms with van der Waals surface area (Å²) in [5.41, 5.74) is 1.26. The van der Waals surface area contributed by atoms with E-state index < -0.39 is 10.0 Å². The van der Waals surface area contributed by atoms with Gasteiger partial charge in [0, 0.05) is 35.6 Å². The fraction of sp³-hybridized carbons (Fsp3) is 0.308. The molecule has 0 unspecified atom stereocenters. The van der Waals surface area contributed by atoms with E-state index in [-0.39, 0.29) is 5.41 Å². The van der Waals surface area contributed by atoms with Crippen molar-refractivity contribution in [2.75, 3.05) is 26.2 Å². The van der Waals surface area contributed by atoms with Crippen LogP contribution in [0.2, 0.25) is 5.02 Å². The van der Waals surface area contributed by atoms with E-state index in [1.165, 1.54) is 0 Å². The third kappa shape index (κ3) is 4.80. The van der Waals surface area contributed by atoms with Gasteiger partial charge >= 0.3 is 0 Å². The molecule has 2 aliphatic heterocycles. The largest absolute Gasteiger partial charge is 0.457 e. The zero-order valence-corrected chi connectivity index (χ0v) is 19.9. The summed E-state index contributed by atoms with van der Waals surface area (Å²) >= 11 is 5.91. The Kier molecular flexibility index (Phi) is 6.18. The summed E-state index contributed by atoms with van der Waals surface area (Å²) in [6.45, 7) is 3.92. The SMILES string of the molecule is O=S(=O)(c1ccc(Cl)cc1)N1CC2(CCN(Cc3ccccc3Oc3ccccc3)CC2)C1. The van der Waals surface area contributed by atoms with Gasteiger partial charge in [0.1, 0.15) is 11.5 Å². The summed E-state index contributed by atoms with van der Waals surface area (Å²) in [7, 11) is -3.45. The second kappa shape index (κ2) is 9.11. The molecule has 5 rings (SSSR count). The standard InChI is InChI=1S/C26H27ClN2O3S/c27-22-10-12-24(13-11-22)33(30,31)29-19-26(20-29)14-16-28(17-15-26)18-21-6-4-5-9-25(21)32-23-7-2-1-3-8-23/h1-13H,14-20H2. The van der Waals surface area contributed by atoms with Gasteiger partial charge in [0.15, 0.2) is 0 Å². The smallest absolute Gasteiger partial charge is 0.243 e. The average Bonchev–Trinajstić information content (AvgIpc) is 2.80. The number of hydrogen-bond donors (Lipinski definition) is 0. The number of nitrogens with zero attached hydrogens (tertiary/aromatic N) is 2. The highest BCUT2D eigenvalue weighted by atomic mass is 35.5. The lowest BCUT2D eigenvalue weighted by Crippen LogP contribution is -2.61. The summed E-state index contributed by atoms with van der Waals surface area (Å²) in [6.07, 6.45) is 2.00. The van der Waals surface area contributed by atoms with Crippen molar-refractivity contribution in [3.05, 3.63) is 89.4 Å². The molecular formula is C26H27ClN2O3S. The Morgan fingerprint density at radius 1 is 0.848 bits per heavy atom. The van der Waals surface area contributed by atoms with Crippen molar-refractivity contribution in [1.82, 2.24) is 9.21 Å². The number of rotatable bonds is 6. The molecule has 0 saturated carbocycles. The lowest BCUT2D eigenvalue weighted by Gasteiger charge is -2.53. The fourth-order valence-electron chi connectivity index (χ4n) is 4.72. The number of sulfonamides is 1. The first-order chi connectivity index (χ1) is 15.9. The zero-order chi connectivity index (χ0) is 22.9. The highest BCUT2D eigenvalue weighted by Gasteiger charge is 2.49.